The Morgan fingerprint density at radius 3 is 2.33 bits per heavy atom. The molecular formula is C3H7NO2. The number of nitrogens with zero attached hydrogens (tertiary/aromatic N) is 1. The highest BCUT2D eigenvalue weighted by Gasteiger charge is 1.56. The van der Waals surface area contributed by atoms with Crippen molar-refractivity contribution >= 4 is 6.40 Å². The van der Waals surface area contributed by atoms with Gasteiger partial charge in [-0.15, -0.1) is 0 Å². The maximum absolute atomic E-state index is 4.37. The summed E-state index contributed by atoms with van der Waals surface area (Å²) in [7, 11) is 2.96. The largest absolute Gasteiger partial charge is 0.484 e. The lowest BCUT2D eigenvalue weighted by Gasteiger charge is -1.81. The number of rotatable bonds is 2. The first kappa shape index (κ1) is 5.27. The minimum atomic E-state index is 1.21. The molecule has 0 N–H and O–H groups in total. The van der Waals surface area contributed by atoms with Gasteiger partial charge in [0.05, 0.1) is 7.11 Å². The van der Waals surface area contributed by atoms with Crippen molar-refractivity contribution in [2.45, 2.75) is 0 Å². The second-order valence-electron chi connectivity index (χ2n) is 0.629. The number of ether oxygens (including phenoxy) is 1. The second-order valence-corrected chi connectivity index (χ2v) is 0.629. The van der Waals surface area contributed by atoms with Crippen LogP contribution in [0.3, 0.4) is 0 Å². The van der Waals surface area contributed by atoms with E-state index in [1.54, 1.807) is 0 Å². The molecule has 0 heterocycles. The molecule has 0 unspecified atom stereocenters. The summed E-state index contributed by atoms with van der Waals surface area (Å²) in [6, 6.07) is 0. The van der Waals surface area contributed by atoms with Gasteiger partial charge < -0.3 is 9.57 Å². The van der Waals surface area contributed by atoms with Crippen LogP contribution in [0, 0.1) is 0 Å². The minimum Gasteiger partial charge on any atom is -0.484 e. The third-order valence-corrected chi connectivity index (χ3v) is 0.254. The lowest BCUT2D eigenvalue weighted by molar-refractivity contribution is 0.204. The quantitative estimate of drug-likeness (QED) is 0.275. The molecule has 0 aromatic heterocycles. The Labute approximate surface area is 36.5 Å². The van der Waals surface area contributed by atoms with E-state index in [-0.39, 0.29) is 0 Å². The molecule has 0 saturated heterocycles. The van der Waals surface area contributed by atoms with Crippen molar-refractivity contribution in [3.8, 4) is 0 Å². The molecule has 3 nitrogen and oxygen atoms in total. The van der Waals surface area contributed by atoms with Crippen molar-refractivity contribution in [3.63, 3.8) is 0 Å². The van der Waals surface area contributed by atoms with Crippen LogP contribution < -0.4 is 0 Å². The Kier molecular flexibility index (Phi) is 3.75. The molecule has 0 aliphatic heterocycles. The van der Waals surface area contributed by atoms with E-state index in [4.69, 9.17) is 0 Å². The van der Waals surface area contributed by atoms with Gasteiger partial charge in [-0.3, -0.25) is 0 Å². The van der Waals surface area contributed by atoms with E-state index in [0.717, 1.165) is 0 Å². The number of methoxy groups -OCH3 is 1. The highest BCUT2D eigenvalue weighted by atomic mass is 16.6. The summed E-state index contributed by atoms with van der Waals surface area (Å²) in [4.78, 5) is 4.23. The Bertz CT molecular complexity index is 38.1. The molecule has 0 fully saturated rings. The number of hydrogen-bond acceptors (Lipinski definition) is 3. The summed E-state index contributed by atoms with van der Waals surface area (Å²) in [5.41, 5.74) is 0. The maximum atomic E-state index is 4.37. The van der Waals surface area contributed by atoms with E-state index in [2.05, 4.69) is 14.7 Å². The highest BCUT2D eigenvalue weighted by Crippen LogP contribution is 1.60. The molecule has 0 rings (SSSR count). The van der Waals surface area contributed by atoms with E-state index < -0.39 is 0 Å². The molecule has 0 atom stereocenters. The van der Waals surface area contributed by atoms with Gasteiger partial charge in [-0.25, -0.2) is 0 Å². The highest BCUT2D eigenvalue weighted by molar-refractivity contribution is 5.44. The lowest BCUT2D eigenvalue weighted by atomic mass is 11.4. The molecule has 0 aromatic carbocycles. The maximum Gasteiger partial charge on any atom is 0.212 e. The SMILES string of the molecule is COC=NOC. The van der Waals surface area contributed by atoms with Crippen LogP contribution in [0.2, 0.25) is 0 Å². The van der Waals surface area contributed by atoms with Gasteiger partial charge >= 0.3 is 0 Å². The molecule has 0 aromatic rings. The molecule has 0 bridgehead atoms. The standard InChI is InChI=1S/C3H7NO2/c1-5-3-4-6-2/h3H,1-2H3. The normalized spacial score (nSPS) is 9.00. The van der Waals surface area contributed by atoms with Crippen LogP contribution in [0.4, 0.5) is 0 Å². The predicted octanol–water partition coefficient (Wildman–Crippen LogP) is 0.222. The molecule has 3 heteroatoms. The summed E-state index contributed by atoms with van der Waals surface area (Å²) in [6.45, 7) is 0. The smallest absolute Gasteiger partial charge is 0.212 e. The number of oxime groups is 1. The van der Waals surface area contributed by atoms with Crippen LogP contribution in [0.5, 0.6) is 0 Å². The summed E-state index contributed by atoms with van der Waals surface area (Å²) < 4.78 is 4.37. The van der Waals surface area contributed by atoms with Crippen LogP contribution in [0.25, 0.3) is 0 Å². The van der Waals surface area contributed by atoms with E-state index in [1.165, 1.54) is 20.6 Å². The lowest BCUT2D eigenvalue weighted by Crippen LogP contribution is -1.75. The first-order valence-electron chi connectivity index (χ1n) is 1.49. The van der Waals surface area contributed by atoms with Crippen molar-refractivity contribution in [1.29, 1.82) is 0 Å². The fraction of sp³-hybridized carbons (Fsp3) is 0.667. The van der Waals surface area contributed by atoms with E-state index in [9.17, 15) is 0 Å². The molecule has 6 heavy (non-hydrogen) atoms. The molecule has 0 radical (unpaired) electrons. The zero-order valence-electron chi connectivity index (χ0n) is 3.84. The number of hydrogen-bond donors (Lipinski definition) is 0. The van der Waals surface area contributed by atoms with Gasteiger partial charge in [0.1, 0.15) is 7.11 Å². The fourth-order valence-electron chi connectivity index (χ4n) is 0.0861. The Hall–Kier alpha value is -0.730. The second kappa shape index (κ2) is 4.27. The zero-order valence-corrected chi connectivity index (χ0v) is 3.84. The average Bonchev–Trinajstić information content (AvgIpc) is 1.61. The molecule has 0 amide bonds. The molecule has 0 spiro atoms. The van der Waals surface area contributed by atoms with Gasteiger partial charge in [-0.1, -0.05) is 5.16 Å². The molecular weight excluding hydrogens is 82.0 g/mol. The summed E-state index contributed by atoms with van der Waals surface area (Å²) in [6.07, 6.45) is 1.21. The van der Waals surface area contributed by atoms with E-state index in [1.807, 2.05) is 0 Å². The van der Waals surface area contributed by atoms with Crippen molar-refractivity contribution in [1.82, 2.24) is 0 Å². The van der Waals surface area contributed by atoms with Gasteiger partial charge in [-0.2, -0.15) is 0 Å². The van der Waals surface area contributed by atoms with Gasteiger partial charge in [0.2, 0.25) is 6.40 Å². The summed E-state index contributed by atoms with van der Waals surface area (Å²) >= 11 is 0. The molecule has 36 valence electrons. The van der Waals surface area contributed by atoms with Gasteiger partial charge in [0.25, 0.3) is 0 Å². The van der Waals surface area contributed by atoms with E-state index >= 15 is 0 Å². The molecule has 0 aliphatic carbocycles. The van der Waals surface area contributed by atoms with Crippen LogP contribution in [0.15, 0.2) is 5.16 Å². The molecule has 0 aliphatic rings. The fourth-order valence-corrected chi connectivity index (χ4v) is 0.0861. The third-order valence-electron chi connectivity index (χ3n) is 0.254. The van der Waals surface area contributed by atoms with Crippen molar-refractivity contribution < 1.29 is 9.57 Å². The first-order valence-corrected chi connectivity index (χ1v) is 1.49. The summed E-state index contributed by atoms with van der Waals surface area (Å²) in [5.74, 6) is 0. The monoisotopic (exact) mass is 89.0 g/mol. The predicted molar refractivity (Wildman–Crippen MR) is 22.5 cm³/mol. The van der Waals surface area contributed by atoms with Gasteiger partial charge in [0.15, 0.2) is 0 Å². The molecule has 0 saturated carbocycles. The van der Waals surface area contributed by atoms with Crippen molar-refractivity contribution in [2.75, 3.05) is 14.2 Å². The Morgan fingerprint density at radius 2 is 2.17 bits per heavy atom. The van der Waals surface area contributed by atoms with Crippen LogP contribution in [0.1, 0.15) is 0 Å². The summed E-state index contributed by atoms with van der Waals surface area (Å²) in [5, 5.41) is 3.24. The van der Waals surface area contributed by atoms with Crippen LogP contribution in [-0.2, 0) is 9.57 Å². The average molecular weight is 89.1 g/mol. The van der Waals surface area contributed by atoms with Gasteiger partial charge in [0, 0.05) is 0 Å². The Morgan fingerprint density at radius 1 is 1.50 bits per heavy atom. The van der Waals surface area contributed by atoms with Crippen LogP contribution >= 0.6 is 0 Å². The minimum absolute atomic E-state index is 1.21. The zero-order chi connectivity index (χ0) is 4.83. The third kappa shape index (κ3) is 3.27. The first-order chi connectivity index (χ1) is 2.91. The van der Waals surface area contributed by atoms with Crippen LogP contribution in [-0.4, -0.2) is 20.6 Å². The van der Waals surface area contributed by atoms with Crippen molar-refractivity contribution in [3.05, 3.63) is 0 Å². The van der Waals surface area contributed by atoms with E-state index in [0.29, 0.717) is 0 Å². The van der Waals surface area contributed by atoms with Crippen molar-refractivity contribution in [2.24, 2.45) is 5.16 Å². The Balaban J connectivity index is 2.73. The topological polar surface area (TPSA) is 30.8 Å². The van der Waals surface area contributed by atoms with Gasteiger partial charge in [-0.05, 0) is 0 Å².